The van der Waals surface area contributed by atoms with Gasteiger partial charge in [0.2, 0.25) is 0 Å². The van der Waals surface area contributed by atoms with Crippen LogP contribution in [-0.2, 0) is 57.1 Å². The minimum Gasteiger partial charge on any atom is -0.463 e. The summed E-state index contributed by atoms with van der Waals surface area (Å²) >= 11 is 0. The number of hydrogen-bond acceptors (Lipinski definition) is 14. The van der Waals surface area contributed by atoms with E-state index in [2.05, 4.69) is 10.6 Å². The van der Waals surface area contributed by atoms with Crippen molar-refractivity contribution in [2.75, 3.05) is 31.7 Å². The Labute approximate surface area is 259 Å². The van der Waals surface area contributed by atoms with E-state index >= 15 is 0 Å². The van der Waals surface area contributed by atoms with E-state index in [4.69, 9.17) is 37.9 Å². The highest BCUT2D eigenvalue weighted by Crippen LogP contribution is 2.32. The lowest BCUT2D eigenvalue weighted by molar-refractivity contribution is -0.321. The van der Waals surface area contributed by atoms with Crippen LogP contribution >= 0.6 is 0 Å². The first-order valence-corrected chi connectivity index (χ1v) is 13.9. The van der Waals surface area contributed by atoms with Crippen molar-refractivity contribution in [2.24, 2.45) is 0 Å². The second-order valence-electron chi connectivity index (χ2n) is 10.9. The Bertz CT molecular complexity index is 1300. The summed E-state index contributed by atoms with van der Waals surface area (Å²) < 4.78 is 45.0. The van der Waals surface area contributed by atoms with Crippen LogP contribution in [0.15, 0.2) is 24.3 Å². The first kappa shape index (κ1) is 35.2. The van der Waals surface area contributed by atoms with Crippen molar-refractivity contribution in [3.63, 3.8) is 0 Å². The number of nitrogens with one attached hydrogen (secondary N) is 2. The molecule has 0 bridgehead atoms. The predicted molar refractivity (Wildman–Crippen MR) is 150 cm³/mol. The number of carbonyl (C=O) groups excluding carboxylic acids is 5. The summed E-state index contributed by atoms with van der Waals surface area (Å²) in [5.74, 6) is -4.03. The Kier molecular flexibility index (Phi) is 11.8. The number of amides is 2. The van der Waals surface area contributed by atoms with Gasteiger partial charge in [0.1, 0.15) is 18.2 Å². The fraction of sp³-hybridized carbons (Fsp3) is 0.586. The fourth-order valence-electron chi connectivity index (χ4n) is 4.53. The normalized spacial score (nSPS) is 25.0. The average molecular weight is 636 g/mol. The number of esters is 4. The van der Waals surface area contributed by atoms with Crippen molar-refractivity contribution in [3.8, 4) is 6.07 Å². The minimum atomic E-state index is -1.49. The summed E-state index contributed by atoms with van der Waals surface area (Å²) in [6.45, 7) is 6.85. The topological polar surface area (TPSA) is 207 Å². The highest BCUT2D eigenvalue weighted by Gasteiger charge is 2.54. The Morgan fingerprint density at radius 2 is 1.51 bits per heavy atom. The molecule has 0 aliphatic carbocycles. The van der Waals surface area contributed by atoms with E-state index in [9.17, 15) is 29.2 Å². The highest BCUT2D eigenvalue weighted by atomic mass is 16.7. The van der Waals surface area contributed by atoms with Gasteiger partial charge >= 0.3 is 29.9 Å². The summed E-state index contributed by atoms with van der Waals surface area (Å²) in [6.07, 6.45) is -6.98. The lowest BCUT2D eigenvalue weighted by Gasteiger charge is -2.46. The third-order valence-corrected chi connectivity index (χ3v) is 6.49. The molecular weight excluding hydrogens is 598 g/mol. The molecule has 0 radical (unpaired) electrons. The number of nitrogens with zero attached hydrogens (tertiary/aromatic N) is 1. The van der Waals surface area contributed by atoms with Gasteiger partial charge in [-0.3, -0.25) is 19.2 Å². The van der Waals surface area contributed by atoms with Crippen LogP contribution in [0, 0.1) is 11.3 Å². The summed E-state index contributed by atoms with van der Waals surface area (Å²) in [5, 5.41) is 14.6. The largest absolute Gasteiger partial charge is 0.463 e. The van der Waals surface area contributed by atoms with Crippen molar-refractivity contribution >= 4 is 35.6 Å². The molecule has 0 aromatic heterocycles. The van der Waals surface area contributed by atoms with E-state index in [0.29, 0.717) is 11.3 Å². The average Bonchev–Trinajstić information content (AvgIpc) is 2.94. The Hall–Kier alpha value is -4.30. The lowest BCUT2D eigenvalue weighted by atomic mass is 9.97. The summed E-state index contributed by atoms with van der Waals surface area (Å²) in [6, 6.07) is 7.58. The van der Waals surface area contributed by atoms with E-state index in [0.717, 1.165) is 27.7 Å². The van der Waals surface area contributed by atoms with Gasteiger partial charge in [-0.15, -0.1) is 0 Å². The SMILES string of the molecule is CC(=O)OC[C@H]1O[C@@H](OCC2(NC(=O)Nc3cccc(C#N)c3)COC(C)(C)OC2)[C@H](OC(C)=O)[C@@H](OC(C)=O)[C@H]1OC(C)=O. The van der Waals surface area contributed by atoms with Crippen LogP contribution in [0.5, 0.6) is 0 Å². The minimum absolute atomic E-state index is 0.100. The van der Waals surface area contributed by atoms with E-state index in [-0.39, 0.29) is 19.8 Å². The molecule has 2 aliphatic heterocycles. The van der Waals surface area contributed by atoms with Crippen LogP contribution in [0.2, 0.25) is 0 Å². The van der Waals surface area contributed by atoms with Crippen LogP contribution in [0.3, 0.4) is 0 Å². The van der Waals surface area contributed by atoms with Crippen molar-refractivity contribution in [1.29, 1.82) is 5.26 Å². The highest BCUT2D eigenvalue weighted by molar-refractivity contribution is 5.90. The van der Waals surface area contributed by atoms with E-state index < -0.39 is 78.5 Å². The number of ether oxygens (including phenoxy) is 8. The number of nitriles is 1. The lowest BCUT2D eigenvalue weighted by Crippen LogP contribution is -2.66. The molecule has 45 heavy (non-hydrogen) atoms. The summed E-state index contributed by atoms with van der Waals surface area (Å²) in [4.78, 5) is 60.9. The second-order valence-corrected chi connectivity index (χ2v) is 10.9. The van der Waals surface area contributed by atoms with Crippen molar-refractivity contribution in [3.05, 3.63) is 29.8 Å². The molecule has 246 valence electrons. The summed E-state index contributed by atoms with van der Waals surface area (Å²) in [7, 11) is 0. The number of rotatable bonds is 10. The maximum absolute atomic E-state index is 13.1. The standard InChI is InChI=1S/C29H37N3O13/c1-16(33)38-12-22-23(42-17(2)34)24(43-18(3)35)25(44-19(4)36)26(45-22)39-13-29(14-40-28(5,6)41-15-29)32-27(37)31-21-9-7-8-20(10-21)11-30/h7-10,22-26H,12-15H2,1-6H3,(H2,31,32,37)/t22-,23+,24+,25-,26-/m1/s1. The molecule has 0 unspecified atom stereocenters. The molecule has 2 heterocycles. The van der Waals surface area contributed by atoms with E-state index in [1.54, 1.807) is 32.0 Å². The zero-order valence-corrected chi connectivity index (χ0v) is 25.8. The van der Waals surface area contributed by atoms with Gasteiger partial charge in [0.15, 0.2) is 30.4 Å². The fourth-order valence-corrected chi connectivity index (χ4v) is 4.53. The molecule has 2 amide bonds. The predicted octanol–water partition coefficient (Wildman–Crippen LogP) is 1.30. The third-order valence-electron chi connectivity index (χ3n) is 6.49. The van der Waals surface area contributed by atoms with Gasteiger partial charge < -0.3 is 48.5 Å². The molecule has 2 fully saturated rings. The smallest absolute Gasteiger partial charge is 0.319 e. The zero-order valence-electron chi connectivity index (χ0n) is 25.8. The van der Waals surface area contributed by atoms with Crippen molar-refractivity contribution in [1.82, 2.24) is 5.32 Å². The maximum atomic E-state index is 13.1. The van der Waals surface area contributed by atoms with Crippen LogP contribution in [0.4, 0.5) is 10.5 Å². The molecular formula is C29H37N3O13. The number of benzene rings is 1. The maximum Gasteiger partial charge on any atom is 0.319 e. The zero-order chi connectivity index (χ0) is 33.4. The first-order chi connectivity index (χ1) is 21.1. The monoisotopic (exact) mass is 635 g/mol. The van der Waals surface area contributed by atoms with Crippen LogP contribution < -0.4 is 10.6 Å². The number of urea groups is 1. The molecule has 5 atom stereocenters. The van der Waals surface area contributed by atoms with Gasteiger partial charge in [-0.25, -0.2) is 4.79 Å². The van der Waals surface area contributed by atoms with Gasteiger partial charge in [0, 0.05) is 33.4 Å². The van der Waals surface area contributed by atoms with Crippen molar-refractivity contribution < 1.29 is 61.9 Å². The molecule has 1 aromatic carbocycles. The van der Waals surface area contributed by atoms with Gasteiger partial charge in [-0.05, 0) is 32.0 Å². The second kappa shape index (κ2) is 15.1. The summed E-state index contributed by atoms with van der Waals surface area (Å²) in [5.41, 5.74) is -0.660. The number of hydrogen-bond donors (Lipinski definition) is 2. The molecule has 3 rings (SSSR count). The van der Waals surface area contributed by atoms with Gasteiger partial charge in [0.05, 0.1) is 31.5 Å². The Morgan fingerprint density at radius 1 is 0.911 bits per heavy atom. The van der Waals surface area contributed by atoms with Crippen LogP contribution in [0.1, 0.15) is 47.1 Å². The van der Waals surface area contributed by atoms with Crippen LogP contribution in [0.25, 0.3) is 0 Å². The molecule has 0 spiro atoms. The molecule has 0 saturated carbocycles. The quantitative estimate of drug-likeness (QED) is 0.275. The molecule has 16 nitrogen and oxygen atoms in total. The molecule has 1 aromatic rings. The molecule has 16 heteroatoms. The molecule has 2 saturated heterocycles. The van der Waals surface area contributed by atoms with Gasteiger partial charge in [-0.1, -0.05) is 6.07 Å². The van der Waals surface area contributed by atoms with Crippen LogP contribution in [-0.4, -0.2) is 98.4 Å². The van der Waals surface area contributed by atoms with E-state index in [1.807, 2.05) is 6.07 Å². The Balaban J connectivity index is 1.91. The van der Waals surface area contributed by atoms with E-state index in [1.165, 1.54) is 6.07 Å². The number of anilines is 1. The van der Waals surface area contributed by atoms with Crippen molar-refractivity contribution in [2.45, 2.75) is 83.6 Å². The third kappa shape index (κ3) is 10.4. The number of carbonyl (C=O) groups is 5. The Morgan fingerprint density at radius 3 is 2.09 bits per heavy atom. The first-order valence-electron chi connectivity index (χ1n) is 13.9. The van der Waals surface area contributed by atoms with Gasteiger partial charge in [0.25, 0.3) is 0 Å². The molecule has 2 aliphatic rings. The molecule has 2 N–H and O–H groups in total. The van der Waals surface area contributed by atoms with Gasteiger partial charge in [-0.2, -0.15) is 5.26 Å².